The largest absolute Gasteiger partial charge is 0.385 e. The fourth-order valence-corrected chi connectivity index (χ4v) is 3.56. The Morgan fingerprint density at radius 3 is 2.82 bits per heavy atom. The molecule has 1 unspecified atom stereocenters. The zero-order valence-corrected chi connectivity index (χ0v) is 13.9. The topological polar surface area (TPSA) is 49.9 Å². The van der Waals surface area contributed by atoms with E-state index in [0.717, 1.165) is 58.2 Å². The van der Waals surface area contributed by atoms with Gasteiger partial charge in [-0.3, -0.25) is 9.59 Å². The highest BCUT2D eigenvalue weighted by Crippen LogP contribution is 2.22. The molecule has 2 aliphatic heterocycles. The van der Waals surface area contributed by atoms with Crippen molar-refractivity contribution in [1.29, 1.82) is 0 Å². The summed E-state index contributed by atoms with van der Waals surface area (Å²) in [5, 5.41) is 0. The van der Waals surface area contributed by atoms with Gasteiger partial charge in [0.15, 0.2) is 0 Å². The SMILES string of the molecule is COCCCC1CCCCN1C(=O)CCN1CCCCC1=O. The lowest BCUT2D eigenvalue weighted by atomic mass is 9.97. The number of likely N-dealkylation sites (tertiary alicyclic amines) is 2. The maximum atomic E-state index is 12.5. The van der Waals surface area contributed by atoms with Crippen molar-refractivity contribution in [2.24, 2.45) is 0 Å². The van der Waals surface area contributed by atoms with Crippen molar-refractivity contribution in [3.05, 3.63) is 0 Å². The predicted octanol–water partition coefficient (Wildman–Crippen LogP) is 2.20. The Labute approximate surface area is 134 Å². The highest BCUT2D eigenvalue weighted by atomic mass is 16.5. The summed E-state index contributed by atoms with van der Waals surface area (Å²) < 4.78 is 5.12. The van der Waals surface area contributed by atoms with Crippen LogP contribution in [0.5, 0.6) is 0 Å². The molecular weight excluding hydrogens is 280 g/mol. The molecule has 2 heterocycles. The number of hydrogen-bond donors (Lipinski definition) is 0. The fraction of sp³-hybridized carbons (Fsp3) is 0.882. The molecule has 0 aromatic rings. The van der Waals surface area contributed by atoms with E-state index in [1.165, 1.54) is 6.42 Å². The third-order valence-electron chi connectivity index (χ3n) is 4.85. The van der Waals surface area contributed by atoms with Crippen LogP contribution >= 0.6 is 0 Å². The molecular formula is C17H30N2O3. The lowest BCUT2D eigenvalue weighted by Gasteiger charge is -2.36. The first-order chi connectivity index (χ1) is 10.7. The van der Waals surface area contributed by atoms with Crippen LogP contribution in [0.3, 0.4) is 0 Å². The zero-order chi connectivity index (χ0) is 15.8. The first-order valence-electron chi connectivity index (χ1n) is 8.78. The number of rotatable bonds is 7. The molecule has 0 aromatic heterocycles. The zero-order valence-electron chi connectivity index (χ0n) is 13.9. The number of ether oxygens (including phenoxy) is 1. The van der Waals surface area contributed by atoms with Gasteiger partial charge in [0.1, 0.15) is 0 Å². The van der Waals surface area contributed by atoms with Crippen molar-refractivity contribution < 1.29 is 14.3 Å². The normalized spacial score (nSPS) is 23.0. The fourth-order valence-electron chi connectivity index (χ4n) is 3.56. The van der Waals surface area contributed by atoms with Crippen molar-refractivity contribution in [2.45, 2.75) is 63.8 Å². The van der Waals surface area contributed by atoms with E-state index >= 15 is 0 Å². The first-order valence-corrected chi connectivity index (χ1v) is 8.78. The van der Waals surface area contributed by atoms with Crippen LogP contribution in [0.15, 0.2) is 0 Å². The molecule has 0 aliphatic carbocycles. The van der Waals surface area contributed by atoms with Gasteiger partial charge in [-0.2, -0.15) is 0 Å². The van der Waals surface area contributed by atoms with Gasteiger partial charge in [-0.25, -0.2) is 0 Å². The van der Waals surface area contributed by atoms with Gasteiger partial charge < -0.3 is 14.5 Å². The molecule has 2 aliphatic rings. The van der Waals surface area contributed by atoms with Gasteiger partial charge in [-0.1, -0.05) is 0 Å². The molecule has 1 atom stereocenters. The van der Waals surface area contributed by atoms with Gasteiger partial charge in [-0.05, 0) is 44.9 Å². The van der Waals surface area contributed by atoms with Crippen LogP contribution in [0.4, 0.5) is 0 Å². The Morgan fingerprint density at radius 2 is 2.05 bits per heavy atom. The highest BCUT2D eigenvalue weighted by Gasteiger charge is 2.27. The number of carbonyl (C=O) groups excluding carboxylic acids is 2. The average Bonchev–Trinajstić information content (AvgIpc) is 2.54. The minimum absolute atomic E-state index is 0.217. The van der Waals surface area contributed by atoms with Gasteiger partial charge in [0, 0.05) is 52.2 Å². The molecule has 0 radical (unpaired) electrons. The molecule has 2 fully saturated rings. The summed E-state index contributed by atoms with van der Waals surface area (Å²) in [5.74, 6) is 0.440. The van der Waals surface area contributed by atoms with Crippen LogP contribution in [0, 0.1) is 0 Å². The molecule has 126 valence electrons. The maximum Gasteiger partial charge on any atom is 0.224 e. The standard InChI is InChI=1S/C17H30N2O3/c1-22-14-6-8-15-7-2-5-12-19(15)17(21)10-13-18-11-4-3-9-16(18)20/h15H,2-14H2,1H3. The van der Waals surface area contributed by atoms with Crippen LogP contribution in [-0.4, -0.2) is 61.0 Å². The van der Waals surface area contributed by atoms with E-state index < -0.39 is 0 Å². The molecule has 5 heteroatoms. The molecule has 2 saturated heterocycles. The van der Waals surface area contributed by atoms with Crippen molar-refractivity contribution in [1.82, 2.24) is 9.80 Å². The van der Waals surface area contributed by atoms with Crippen molar-refractivity contribution in [3.8, 4) is 0 Å². The quantitative estimate of drug-likeness (QED) is 0.677. The van der Waals surface area contributed by atoms with Crippen LogP contribution in [0.25, 0.3) is 0 Å². The Hall–Kier alpha value is -1.10. The monoisotopic (exact) mass is 310 g/mol. The molecule has 0 bridgehead atoms. The van der Waals surface area contributed by atoms with Gasteiger partial charge in [0.05, 0.1) is 0 Å². The van der Waals surface area contributed by atoms with E-state index in [-0.39, 0.29) is 11.8 Å². The van der Waals surface area contributed by atoms with Crippen LogP contribution < -0.4 is 0 Å². The molecule has 5 nitrogen and oxygen atoms in total. The number of amides is 2. The van der Waals surface area contributed by atoms with Gasteiger partial charge in [0.2, 0.25) is 11.8 Å². The number of piperidine rings is 2. The Balaban J connectivity index is 1.79. The summed E-state index contributed by atoms with van der Waals surface area (Å²) in [6, 6.07) is 0.369. The molecule has 22 heavy (non-hydrogen) atoms. The number of hydrogen-bond acceptors (Lipinski definition) is 3. The summed E-state index contributed by atoms with van der Waals surface area (Å²) in [6.07, 6.45) is 8.67. The van der Waals surface area contributed by atoms with Crippen LogP contribution in [0.2, 0.25) is 0 Å². The van der Waals surface area contributed by atoms with Gasteiger partial charge >= 0.3 is 0 Å². The van der Waals surface area contributed by atoms with E-state index in [9.17, 15) is 9.59 Å². The summed E-state index contributed by atoms with van der Waals surface area (Å²) >= 11 is 0. The lowest BCUT2D eigenvalue weighted by Crippen LogP contribution is -2.45. The Morgan fingerprint density at radius 1 is 1.23 bits per heavy atom. The van der Waals surface area contributed by atoms with Crippen LogP contribution in [0.1, 0.15) is 57.8 Å². The van der Waals surface area contributed by atoms with Crippen LogP contribution in [-0.2, 0) is 14.3 Å². The third kappa shape index (κ3) is 4.97. The number of methoxy groups -OCH3 is 1. The van der Waals surface area contributed by atoms with Crippen molar-refractivity contribution in [2.75, 3.05) is 33.4 Å². The van der Waals surface area contributed by atoms with E-state index in [2.05, 4.69) is 4.90 Å². The lowest BCUT2D eigenvalue weighted by molar-refractivity contribution is -0.137. The summed E-state index contributed by atoms with van der Waals surface area (Å²) in [5.41, 5.74) is 0. The maximum absolute atomic E-state index is 12.5. The van der Waals surface area contributed by atoms with E-state index in [0.29, 0.717) is 25.4 Å². The van der Waals surface area contributed by atoms with E-state index in [1.54, 1.807) is 7.11 Å². The molecule has 2 rings (SSSR count). The highest BCUT2D eigenvalue weighted by molar-refractivity contribution is 5.79. The summed E-state index contributed by atoms with van der Waals surface area (Å²) in [6.45, 7) is 3.06. The smallest absolute Gasteiger partial charge is 0.224 e. The summed E-state index contributed by atoms with van der Waals surface area (Å²) in [7, 11) is 1.72. The van der Waals surface area contributed by atoms with Gasteiger partial charge in [-0.15, -0.1) is 0 Å². The predicted molar refractivity (Wildman–Crippen MR) is 85.5 cm³/mol. The average molecular weight is 310 g/mol. The van der Waals surface area contributed by atoms with Gasteiger partial charge in [0.25, 0.3) is 0 Å². The minimum atomic E-state index is 0.217. The molecule has 0 N–H and O–H groups in total. The van der Waals surface area contributed by atoms with E-state index in [1.807, 2.05) is 4.90 Å². The number of nitrogens with zero attached hydrogens (tertiary/aromatic N) is 2. The van der Waals surface area contributed by atoms with Crippen molar-refractivity contribution >= 4 is 11.8 Å². The second kappa shape index (κ2) is 9.13. The minimum Gasteiger partial charge on any atom is -0.385 e. The molecule has 0 spiro atoms. The Kier molecular flexibility index (Phi) is 7.16. The first kappa shape index (κ1) is 17.3. The molecule has 2 amide bonds. The van der Waals surface area contributed by atoms with Crippen molar-refractivity contribution in [3.63, 3.8) is 0 Å². The molecule has 0 saturated carbocycles. The molecule has 0 aromatic carbocycles. The summed E-state index contributed by atoms with van der Waals surface area (Å²) in [4.78, 5) is 28.3. The number of carbonyl (C=O) groups is 2. The van der Waals surface area contributed by atoms with E-state index in [4.69, 9.17) is 4.74 Å². The second-order valence-corrected chi connectivity index (χ2v) is 6.46. The second-order valence-electron chi connectivity index (χ2n) is 6.46. The third-order valence-corrected chi connectivity index (χ3v) is 4.85. The Bertz CT molecular complexity index is 373.